The molecule has 0 aliphatic rings. The van der Waals surface area contributed by atoms with E-state index in [9.17, 15) is 9.90 Å². The number of halogens is 2. The molecule has 1 aromatic carbocycles. The second-order valence-electron chi connectivity index (χ2n) is 2.56. The third kappa shape index (κ3) is 2.61. The van der Waals surface area contributed by atoms with Gasteiger partial charge < -0.3 is 5.32 Å². The summed E-state index contributed by atoms with van der Waals surface area (Å²) in [6.45, 7) is -0.272. The molecule has 0 fully saturated rings. The second kappa shape index (κ2) is 5.20. The molecule has 0 aliphatic heterocycles. The highest BCUT2D eigenvalue weighted by Crippen LogP contribution is 2.25. The number of hydrogen-bond acceptors (Lipinski definition) is 1. The van der Waals surface area contributed by atoms with Gasteiger partial charge >= 0.3 is 0 Å². The van der Waals surface area contributed by atoms with Crippen LogP contribution in [-0.4, -0.2) is 19.1 Å². The predicted octanol–water partition coefficient (Wildman–Crippen LogP) is 2.15. The van der Waals surface area contributed by atoms with Crippen molar-refractivity contribution in [1.82, 2.24) is 5.32 Å². The molecule has 5 heteroatoms. The lowest BCUT2D eigenvalue weighted by Gasteiger charge is -2.05. The van der Waals surface area contributed by atoms with E-state index >= 15 is 0 Å². The lowest BCUT2D eigenvalue weighted by Crippen LogP contribution is -2.26. The Morgan fingerprint density at radius 2 is 2.07 bits per heavy atom. The van der Waals surface area contributed by atoms with Gasteiger partial charge in [-0.3, -0.25) is 4.79 Å². The summed E-state index contributed by atoms with van der Waals surface area (Å²) in [7, 11) is 0. The van der Waals surface area contributed by atoms with Crippen molar-refractivity contribution < 1.29 is 9.90 Å². The van der Waals surface area contributed by atoms with E-state index in [0.29, 0.717) is 5.02 Å². The molecule has 0 saturated heterocycles. The minimum Gasteiger partial charge on any atom is -0.350 e. The van der Waals surface area contributed by atoms with E-state index < -0.39 is 0 Å². The molecule has 1 aromatic rings. The topological polar surface area (TPSA) is 49.0 Å². The third-order valence-corrected chi connectivity index (χ3v) is 2.40. The van der Waals surface area contributed by atoms with Crippen molar-refractivity contribution in [3.8, 4) is 0 Å². The molecule has 1 N–H and O–H groups in total. The summed E-state index contributed by atoms with van der Waals surface area (Å²) in [5.41, 5.74) is 0.285. The van der Waals surface area contributed by atoms with Crippen LogP contribution in [0.1, 0.15) is 10.4 Å². The highest BCUT2D eigenvalue weighted by molar-refractivity contribution is 6.43. The zero-order valence-corrected chi connectivity index (χ0v) is 8.73. The maximum Gasteiger partial charge on any atom is 0.252 e. The van der Waals surface area contributed by atoms with Crippen LogP contribution < -0.4 is 5.32 Å². The first-order valence-corrected chi connectivity index (χ1v) is 4.72. The molecule has 75 valence electrons. The van der Waals surface area contributed by atoms with Gasteiger partial charge in [0.05, 0.1) is 22.2 Å². The zero-order valence-electron chi connectivity index (χ0n) is 7.22. The van der Waals surface area contributed by atoms with Crippen LogP contribution in [0.3, 0.4) is 0 Å². The zero-order chi connectivity index (χ0) is 10.6. The molecule has 1 rings (SSSR count). The summed E-state index contributed by atoms with van der Waals surface area (Å²) >= 11 is 11.5. The van der Waals surface area contributed by atoms with Gasteiger partial charge in [0.1, 0.15) is 0 Å². The van der Waals surface area contributed by atoms with Gasteiger partial charge in [0.2, 0.25) is 0 Å². The highest BCUT2D eigenvalue weighted by Gasteiger charge is 2.11. The molecule has 0 heterocycles. The van der Waals surface area contributed by atoms with E-state index in [4.69, 9.17) is 23.2 Å². The molecule has 0 aromatic heterocycles. The summed E-state index contributed by atoms with van der Waals surface area (Å²) in [5.74, 6) is -0.381. The van der Waals surface area contributed by atoms with Gasteiger partial charge in [-0.2, -0.15) is 0 Å². The first-order chi connectivity index (χ1) is 6.66. The Bertz CT molecular complexity index is 342. The fourth-order valence-corrected chi connectivity index (χ4v) is 1.33. The van der Waals surface area contributed by atoms with E-state index in [1.807, 2.05) is 0 Å². The minimum absolute atomic E-state index is 0.0850. The molecule has 0 atom stereocenters. The maximum atomic E-state index is 11.4. The normalized spacial score (nSPS) is 9.93. The molecule has 1 amide bonds. The highest BCUT2D eigenvalue weighted by atomic mass is 35.5. The van der Waals surface area contributed by atoms with Gasteiger partial charge in [-0.25, -0.2) is 5.11 Å². The van der Waals surface area contributed by atoms with Crippen LogP contribution in [0.25, 0.3) is 0 Å². The van der Waals surface area contributed by atoms with E-state index in [0.717, 1.165) is 0 Å². The maximum absolute atomic E-state index is 11.4. The Kier molecular flexibility index (Phi) is 4.20. The number of benzene rings is 1. The minimum atomic E-state index is -0.381. The molecular formula is C9H8Cl2NO2. The van der Waals surface area contributed by atoms with Gasteiger partial charge in [0.25, 0.3) is 5.91 Å². The monoisotopic (exact) mass is 232 g/mol. The van der Waals surface area contributed by atoms with E-state index in [1.54, 1.807) is 18.2 Å². The largest absolute Gasteiger partial charge is 0.350 e. The Balaban J connectivity index is 2.84. The number of carbonyl (C=O) groups excluding carboxylic acids is 1. The fraction of sp³-hybridized carbons (Fsp3) is 0.222. The van der Waals surface area contributed by atoms with Crippen molar-refractivity contribution in [3.05, 3.63) is 33.8 Å². The summed E-state index contributed by atoms with van der Waals surface area (Å²) < 4.78 is 0. The molecule has 3 nitrogen and oxygen atoms in total. The van der Waals surface area contributed by atoms with Crippen LogP contribution in [0, 0.1) is 0 Å². The van der Waals surface area contributed by atoms with Crippen molar-refractivity contribution in [2.75, 3.05) is 13.2 Å². The first kappa shape index (κ1) is 11.3. The molecule has 0 unspecified atom stereocenters. The average Bonchev–Trinajstić information content (AvgIpc) is 2.18. The van der Waals surface area contributed by atoms with Crippen molar-refractivity contribution in [2.24, 2.45) is 0 Å². The summed E-state index contributed by atoms with van der Waals surface area (Å²) in [6, 6.07) is 4.77. The van der Waals surface area contributed by atoms with Crippen LogP contribution in [0.15, 0.2) is 18.2 Å². The quantitative estimate of drug-likeness (QED) is 0.854. The van der Waals surface area contributed by atoms with Crippen molar-refractivity contribution >= 4 is 29.1 Å². The Hall–Kier alpha value is -0.770. The molecule has 0 aliphatic carbocycles. The molecule has 14 heavy (non-hydrogen) atoms. The fourth-order valence-electron chi connectivity index (χ4n) is 0.939. The van der Waals surface area contributed by atoms with Gasteiger partial charge in [-0.15, -0.1) is 0 Å². The van der Waals surface area contributed by atoms with E-state index in [-0.39, 0.29) is 29.6 Å². The number of amides is 1. The van der Waals surface area contributed by atoms with E-state index in [2.05, 4.69) is 5.32 Å². The summed E-state index contributed by atoms with van der Waals surface area (Å²) in [4.78, 5) is 11.4. The third-order valence-electron chi connectivity index (χ3n) is 1.58. The van der Waals surface area contributed by atoms with Crippen LogP contribution in [0.4, 0.5) is 0 Å². The molecule has 0 bridgehead atoms. The standard InChI is InChI=1S/C9H8Cl2NO2/c10-7-3-1-2-6(8(7)11)9(14)12-4-5-13/h1-3H,4-5H2,(H,12,14). The molecule has 0 spiro atoms. The number of hydrogen-bond donors (Lipinski definition) is 1. The second-order valence-corrected chi connectivity index (χ2v) is 3.35. The molecule has 1 radical (unpaired) electrons. The number of carbonyl (C=O) groups is 1. The van der Waals surface area contributed by atoms with Crippen LogP contribution in [0.5, 0.6) is 0 Å². The van der Waals surface area contributed by atoms with Crippen LogP contribution in [0.2, 0.25) is 10.0 Å². The van der Waals surface area contributed by atoms with Gasteiger partial charge in [0.15, 0.2) is 0 Å². The lowest BCUT2D eigenvalue weighted by molar-refractivity contribution is 0.0933. The Labute approximate surface area is 91.6 Å². The molecular weight excluding hydrogens is 225 g/mol. The van der Waals surface area contributed by atoms with Crippen molar-refractivity contribution in [1.29, 1.82) is 0 Å². The van der Waals surface area contributed by atoms with Gasteiger partial charge in [0, 0.05) is 6.54 Å². The number of nitrogens with one attached hydrogen (secondary N) is 1. The Morgan fingerprint density at radius 1 is 1.36 bits per heavy atom. The summed E-state index contributed by atoms with van der Waals surface area (Å²) in [6.07, 6.45) is 0. The SMILES string of the molecule is [O]CCNC(=O)c1cccc(Cl)c1Cl. The average molecular weight is 233 g/mol. The van der Waals surface area contributed by atoms with Gasteiger partial charge in [-0.05, 0) is 12.1 Å². The summed E-state index contributed by atoms with van der Waals surface area (Å²) in [5, 5.41) is 13.1. The van der Waals surface area contributed by atoms with Crippen molar-refractivity contribution in [3.63, 3.8) is 0 Å². The first-order valence-electron chi connectivity index (χ1n) is 3.97. The smallest absolute Gasteiger partial charge is 0.252 e. The van der Waals surface area contributed by atoms with Crippen LogP contribution in [-0.2, 0) is 5.11 Å². The Morgan fingerprint density at radius 3 is 2.71 bits per heavy atom. The number of rotatable bonds is 3. The van der Waals surface area contributed by atoms with Crippen molar-refractivity contribution in [2.45, 2.75) is 0 Å². The predicted molar refractivity (Wildman–Crippen MR) is 54.3 cm³/mol. The van der Waals surface area contributed by atoms with E-state index in [1.165, 1.54) is 0 Å². The van der Waals surface area contributed by atoms with Crippen LogP contribution >= 0.6 is 23.2 Å². The molecule has 0 saturated carbocycles. The van der Waals surface area contributed by atoms with Gasteiger partial charge in [-0.1, -0.05) is 29.3 Å². The lowest BCUT2D eigenvalue weighted by atomic mass is 10.2.